The summed E-state index contributed by atoms with van der Waals surface area (Å²) in [7, 11) is 0. The molecular weight excluding hydrogens is 713 g/mol. The van der Waals surface area contributed by atoms with Crippen LogP contribution in [0.3, 0.4) is 0 Å². The van der Waals surface area contributed by atoms with E-state index < -0.39 is 0 Å². The molecular formula is C50H46N8+2. The first-order valence-corrected chi connectivity index (χ1v) is 20.4. The van der Waals surface area contributed by atoms with Gasteiger partial charge in [0.25, 0.3) is 0 Å². The van der Waals surface area contributed by atoms with Crippen molar-refractivity contribution >= 4 is 65.7 Å². The normalized spacial score (nSPS) is 13.2. The highest BCUT2D eigenvalue weighted by Crippen LogP contribution is 2.37. The van der Waals surface area contributed by atoms with E-state index in [4.69, 9.17) is 19.9 Å². The molecule has 0 atom stereocenters. The number of hydrogen-bond acceptors (Lipinski definition) is 4. The average molecular weight is 759 g/mol. The fourth-order valence-electron chi connectivity index (χ4n) is 10.4. The molecule has 0 amide bonds. The van der Waals surface area contributed by atoms with Crippen molar-refractivity contribution in [2.24, 2.45) is 0 Å². The second-order valence-corrected chi connectivity index (χ2v) is 16.6. The molecule has 0 saturated carbocycles. The highest BCUT2D eigenvalue weighted by atomic mass is 15.1. The molecule has 8 heteroatoms. The van der Waals surface area contributed by atoms with Crippen LogP contribution in [0.15, 0.2) is 86.0 Å². The summed E-state index contributed by atoms with van der Waals surface area (Å²) in [6.45, 7) is 21.6. The third-order valence-electron chi connectivity index (χ3n) is 14.0. The zero-order valence-corrected chi connectivity index (χ0v) is 34.5. The fourth-order valence-corrected chi connectivity index (χ4v) is 10.4. The maximum Gasteiger partial charge on any atom is 0.245 e. The number of pyridine rings is 4. The van der Waals surface area contributed by atoms with Gasteiger partial charge in [-0.15, -0.1) is 0 Å². The molecule has 14 rings (SSSR count). The van der Waals surface area contributed by atoms with Gasteiger partial charge in [-0.25, -0.2) is 18.3 Å². The van der Waals surface area contributed by atoms with Crippen LogP contribution in [0, 0.1) is 55.4 Å². The monoisotopic (exact) mass is 758 g/mol. The van der Waals surface area contributed by atoms with Crippen molar-refractivity contribution in [3.8, 4) is 0 Å². The number of rotatable bonds is 0. The summed E-state index contributed by atoms with van der Waals surface area (Å²) in [4.78, 5) is 19.8. The predicted molar refractivity (Wildman–Crippen MR) is 233 cm³/mol. The summed E-state index contributed by atoms with van der Waals surface area (Å²) >= 11 is 0. The summed E-state index contributed by atoms with van der Waals surface area (Å²) < 4.78 is 9.95. The lowest BCUT2D eigenvalue weighted by Crippen LogP contribution is -2.35. The number of imidazole rings is 2. The summed E-state index contributed by atoms with van der Waals surface area (Å²) in [5.41, 5.74) is 24.8. The van der Waals surface area contributed by atoms with Gasteiger partial charge in [-0.3, -0.25) is 19.9 Å². The van der Waals surface area contributed by atoms with E-state index in [1.165, 1.54) is 88.8 Å². The van der Waals surface area contributed by atoms with E-state index in [-0.39, 0.29) is 0 Å². The van der Waals surface area contributed by atoms with E-state index in [1.54, 1.807) is 0 Å². The van der Waals surface area contributed by atoms with Gasteiger partial charge in [0.05, 0.1) is 21.5 Å². The Kier molecular flexibility index (Phi) is 7.46. The number of aromatic nitrogens is 8. The standard InChI is InChI=1S/C50H46N8/c1-27-28(2)40-22-56-26-58(50-38-16-12-20-54-46(38)45-37(49(50)56)15-11-19-53-45)24-42-33(7)31(5)41(32(6)34(42)8)23-57-25-55(21-39(27)29(3)30(40)4)47-35-13-9-17-51-43(35)44-36(48(47)57)14-10-18-52-44/h9-20,25-26H,21-24H2,1-8H3/q+2. The molecule has 4 aromatic carbocycles. The van der Waals surface area contributed by atoms with E-state index in [0.717, 1.165) is 69.8 Å². The fraction of sp³-hybridized carbons (Fsp3) is 0.240. The van der Waals surface area contributed by atoms with Gasteiger partial charge in [-0.05, 0) is 171 Å². The molecule has 4 aliphatic rings. The quantitative estimate of drug-likeness (QED) is 0.114. The van der Waals surface area contributed by atoms with Crippen LogP contribution in [0.1, 0.15) is 66.8 Å². The van der Waals surface area contributed by atoms with Gasteiger partial charge in [0, 0.05) is 24.8 Å². The lowest BCUT2D eigenvalue weighted by atomic mass is 9.88. The van der Waals surface area contributed by atoms with Crippen molar-refractivity contribution < 1.29 is 9.13 Å². The average Bonchev–Trinajstić information content (AvgIpc) is 3.80. The molecule has 0 aliphatic carbocycles. The first-order valence-electron chi connectivity index (χ1n) is 20.4. The molecule has 0 spiro atoms. The Morgan fingerprint density at radius 2 is 0.690 bits per heavy atom. The van der Waals surface area contributed by atoms with Crippen LogP contribution in [0.25, 0.3) is 65.7 Å². The molecule has 0 saturated heterocycles. The van der Waals surface area contributed by atoms with Gasteiger partial charge < -0.3 is 0 Å². The van der Waals surface area contributed by atoms with Gasteiger partial charge in [-0.1, -0.05) is 0 Å². The first kappa shape index (κ1) is 34.7. The molecule has 10 aromatic rings. The minimum absolute atomic E-state index is 0.746. The van der Waals surface area contributed by atoms with Crippen molar-refractivity contribution in [3.63, 3.8) is 0 Å². The van der Waals surface area contributed by atoms with Crippen LogP contribution in [-0.2, 0) is 26.2 Å². The van der Waals surface area contributed by atoms with Crippen molar-refractivity contribution in [2.45, 2.75) is 81.6 Å². The topological polar surface area (TPSA) is 69.2 Å². The maximum atomic E-state index is 4.94. The summed E-state index contributed by atoms with van der Waals surface area (Å²) in [6.07, 6.45) is 12.3. The van der Waals surface area contributed by atoms with Gasteiger partial charge in [0.15, 0.2) is 22.1 Å². The predicted octanol–water partition coefficient (Wildman–Crippen LogP) is 9.34. The van der Waals surface area contributed by atoms with Crippen LogP contribution >= 0.6 is 0 Å². The van der Waals surface area contributed by atoms with Crippen molar-refractivity contribution in [1.82, 2.24) is 29.1 Å². The molecule has 10 heterocycles. The third kappa shape index (κ3) is 4.68. The molecule has 6 aromatic heterocycles. The summed E-state index contributed by atoms with van der Waals surface area (Å²) in [5.74, 6) is 0. The molecule has 8 bridgehead atoms. The molecule has 4 aliphatic heterocycles. The van der Waals surface area contributed by atoms with E-state index in [2.05, 4.69) is 135 Å². The number of benzene rings is 4. The SMILES string of the molecule is Cc1c(C)c2c(C)c(C)c1Cn1c[n+](c3c4cccnc4c4ncccc4c31)Cc1c(C)c(C)c(c(C)c1C)Cn1c[n+](c3c4cccnc4c4ncccc4c31)C2. The van der Waals surface area contributed by atoms with Gasteiger partial charge in [-0.2, -0.15) is 0 Å². The summed E-state index contributed by atoms with van der Waals surface area (Å²) in [6, 6.07) is 17.1. The minimum atomic E-state index is 0.746. The van der Waals surface area contributed by atoms with E-state index in [0.29, 0.717) is 0 Å². The molecule has 0 unspecified atom stereocenters. The lowest BCUT2D eigenvalue weighted by Gasteiger charge is -2.20. The molecule has 0 N–H and O–H groups in total. The second-order valence-electron chi connectivity index (χ2n) is 16.6. The molecule has 284 valence electrons. The van der Waals surface area contributed by atoms with E-state index in [9.17, 15) is 0 Å². The summed E-state index contributed by atoms with van der Waals surface area (Å²) in [5, 5.41) is 4.51. The first-order chi connectivity index (χ1) is 28.1. The molecule has 58 heavy (non-hydrogen) atoms. The van der Waals surface area contributed by atoms with E-state index in [1.807, 2.05) is 24.8 Å². The van der Waals surface area contributed by atoms with Crippen LogP contribution in [0.5, 0.6) is 0 Å². The van der Waals surface area contributed by atoms with Crippen LogP contribution in [0.4, 0.5) is 0 Å². The number of hydrogen-bond donors (Lipinski definition) is 0. The van der Waals surface area contributed by atoms with Crippen molar-refractivity contribution in [2.75, 3.05) is 0 Å². The van der Waals surface area contributed by atoms with Gasteiger partial charge in [0.1, 0.15) is 48.2 Å². The van der Waals surface area contributed by atoms with Crippen LogP contribution in [0.2, 0.25) is 0 Å². The Morgan fingerprint density at radius 3 is 1.03 bits per heavy atom. The lowest BCUT2D eigenvalue weighted by molar-refractivity contribution is -0.662. The maximum absolute atomic E-state index is 4.94. The molecule has 8 nitrogen and oxygen atoms in total. The third-order valence-corrected chi connectivity index (χ3v) is 14.0. The zero-order valence-electron chi connectivity index (χ0n) is 34.5. The Bertz CT molecular complexity index is 2930. The zero-order chi connectivity index (χ0) is 39.7. The van der Waals surface area contributed by atoms with Crippen molar-refractivity contribution in [1.29, 1.82) is 0 Å². The largest absolute Gasteiger partial charge is 0.254 e. The second kappa shape index (κ2) is 12.5. The van der Waals surface area contributed by atoms with Crippen LogP contribution in [-0.4, -0.2) is 29.1 Å². The Morgan fingerprint density at radius 1 is 0.397 bits per heavy atom. The number of nitrogens with zero attached hydrogens (tertiary/aromatic N) is 8. The Balaban J connectivity index is 1.27. The van der Waals surface area contributed by atoms with Gasteiger partial charge >= 0.3 is 0 Å². The smallest absolute Gasteiger partial charge is 0.245 e. The van der Waals surface area contributed by atoms with E-state index >= 15 is 0 Å². The molecule has 0 fully saturated rings. The number of fused-ring (bicyclic) bond motifs is 12. The Hall–Kier alpha value is -6.54. The minimum Gasteiger partial charge on any atom is -0.254 e. The van der Waals surface area contributed by atoms with Crippen molar-refractivity contribution in [3.05, 3.63) is 153 Å². The van der Waals surface area contributed by atoms with Gasteiger partial charge in [0.2, 0.25) is 12.7 Å². The Labute approximate surface area is 337 Å². The highest BCUT2D eigenvalue weighted by molar-refractivity contribution is 6.20. The van der Waals surface area contributed by atoms with Crippen LogP contribution < -0.4 is 9.13 Å². The highest BCUT2D eigenvalue weighted by Gasteiger charge is 2.30. The molecule has 0 radical (unpaired) electrons.